The summed E-state index contributed by atoms with van der Waals surface area (Å²) in [6.45, 7) is 0. The second-order valence-electron chi connectivity index (χ2n) is 3.86. The fraction of sp³-hybridized carbons (Fsp3) is 0.0769. The minimum atomic E-state index is -0.964. The Morgan fingerprint density at radius 2 is 1.67 bits per heavy atom. The van der Waals surface area contributed by atoms with Gasteiger partial charge in [0, 0.05) is 18.8 Å². The number of hydrogen-bond donors (Lipinski definition) is 1. The van der Waals surface area contributed by atoms with Crippen molar-refractivity contribution in [3.05, 3.63) is 53.8 Å². The van der Waals surface area contributed by atoms with Crippen LogP contribution >= 0.6 is 0 Å². The summed E-state index contributed by atoms with van der Waals surface area (Å²) in [5.41, 5.74) is 6.84. The Balaban J connectivity index is 2.44. The molecule has 0 amide bonds. The van der Waals surface area contributed by atoms with Gasteiger partial charge in [0.15, 0.2) is 11.6 Å². The van der Waals surface area contributed by atoms with Crippen molar-refractivity contribution in [2.24, 2.45) is 0 Å². The molecule has 0 heterocycles. The van der Waals surface area contributed by atoms with E-state index in [2.05, 4.69) is 0 Å². The molecule has 0 atom stereocenters. The van der Waals surface area contributed by atoms with E-state index < -0.39 is 17.5 Å². The number of nitrogens with two attached hydrogens (primary N) is 1. The third kappa shape index (κ3) is 2.25. The maximum absolute atomic E-state index is 13.2. The molecule has 0 aliphatic heterocycles. The number of rotatable bonds is 2. The average molecular weight is 252 g/mol. The van der Waals surface area contributed by atoms with Crippen LogP contribution in [-0.4, -0.2) is 7.05 Å². The van der Waals surface area contributed by atoms with Crippen LogP contribution in [0, 0.1) is 17.5 Å². The first-order valence-corrected chi connectivity index (χ1v) is 5.23. The summed E-state index contributed by atoms with van der Waals surface area (Å²) >= 11 is 0. The number of benzene rings is 2. The lowest BCUT2D eigenvalue weighted by Gasteiger charge is -2.21. The normalized spacial score (nSPS) is 10.4. The maximum Gasteiger partial charge on any atom is 0.160 e. The zero-order valence-corrected chi connectivity index (χ0v) is 9.62. The van der Waals surface area contributed by atoms with Gasteiger partial charge in [-0.15, -0.1) is 0 Å². The molecule has 0 spiro atoms. The molecule has 2 N–H and O–H groups in total. The van der Waals surface area contributed by atoms with E-state index in [9.17, 15) is 13.2 Å². The Labute approximate surface area is 102 Å². The topological polar surface area (TPSA) is 29.3 Å². The van der Waals surface area contributed by atoms with Gasteiger partial charge in [-0.3, -0.25) is 0 Å². The molecule has 0 aliphatic carbocycles. The van der Waals surface area contributed by atoms with Crippen molar-refractivity contribution in [1.82, 2.24) is 0 Å². The molecule has 5 heteroatoms. The van der Waals surface area contributed by atoms with Crippen LogP contribution in [-0.2, 0) is 0 Å². The third-order valence-electron chi connectivity index (χ3n) is 2.64. The molecule has 2 rings (SSSR count). The summed E-state index contributed by atoms with van der Waals surface area (Å²) in [7, 11) is 1.60. The number of anilines is 3. The van der Waals surface area contributed by atoms with E-state index in [1.807, 2.05) is 0 Å². The van der Waals surface area contributed by atoms with Crippen LogP contribution in [0.25, 0.3) is 0 Å². The van der Waals surface area contributed by atoms with Crippen LogP contribution in [0.5, 0.6) is 0 Å². The van der Waals surface area contributed by atoms with Crippen molar-refractivity contribution < 1.29 is 13.2 Å². The van der Waals surface area contributed by atoms with Gasteiger partial charge >= 0.3 is 0 Å². The molecule has 2 aromatic rings. The van der Waals surface area contributed by atoms with Crippen molar-refractivity contribution >= 4 is 17.1 Å². The number of nitrogen functional groups attached to an aromatic ring is 1. The minimum absolute atomic E-state index is 0.351. The molecule has 0 fully saturated rings. The van der Waals surface area contributed by atoms with E-state index >= 15 is 0 Å². The van der Waals surface area contributed by atoms with Gasteiger partial charge in [-0.05, 0) is 30.3 Å². The third-order valence-corrected chi connectivity index (χ3v) is 2.64. The molecule has 94 valence electrons. The van der Waals surface area contributed by atoms with Crippen LogP contribution in [0.1, 0.15) is 0 Å². The van der Waals surface area contributed by atoms with E-state index in [0.717, 1.165) is 12.1 Å². The Bertz CT molecular complexity index is 584. The summed E-state index contributed by atoms with van der Waals surface area (Å²) in [6.07, 6.45) is 0. The molecule has 0 saturated carbocycles. The Kier molecular flexibility index (Phi) is 3.14. The largest absolute Gasteiger partial charge is 0.397 e. The van der Waals surface area contributed by atoms with Crippen molar-refractivity contribution in [2.45, 2.75) is 0 Å². The summed E-state index contributed by atoms with van der Waals surface area (Å²) < 4.78 is 39.1. The average Bonchev–Trinajstić information content (AvgIpc) is 2.35. The van der Waals surface area contributed by atoms with E-state index in [0.29, 0.717) is 17.1 Å². The second kappa shape index (κ2) is 4.60. The fourth-order valence-corrected chi connectivity index (χ4v) is 1.64. The van der Waals surface area contributed by atoms with E-state index in [4.69, 9.17) is 5.73 Å². The number of hydrogen-bond acceptors (Lipinski definition) is 2. The van der Waals surface area contributed by atoms with E-state index in [-0.39, 0.29) is 0 Å². The predicted octanol–water partition coefficient (Wildman–Crippen LogP) is 3.45. The van der Waals surface area contributed by atoms with Crippen molar-refractivity contribution in [2.75, 3.05) is 17.7 Å². The first-order chi connectivity index (χ1) is 8.49. The van der Waals surface area contributed by atoms with Crippen LogP contribution in [0.2, 0.25) is 0 Å². The molecule has 0 bridgehead atoms. The van der Waals surface area contributed by atoms with Gasteiger partial charge in [0.2, 0.25) is 0 Å². The van der Waals surface area contributed by atoms with Gasteiger partial charge in [-0.1, -0.05) is 0 Å². The highest BCUT2D eigenvalue weighted by molar-refractivity contribution is 5.74. The van der Waals surface area contributed by atoms with Crippen molar-refractivity contribution in [3.63, 3.8) is 0 Å². The van der Waals surface area contributed by atoms with Crippen LogP contribution in [0.3, 0.4) is 0 Å². The molecule has 2 aromatic carbocycles. The molecule has 0 saturated heterocycles. The summed E-state index contributed by atoms with van der Waals surface area (Å²) in [5.74, 6) is -2.35. The standard InChI is InChI=1S/C13H11F3N2/c1-18(9-3-4-10(15)11(16)7-9)13-6-8(14)2-5-12(13)17/h2-7H,17H2,1H3. The maximum atomic E-state index is 13.2. The fourth-order valence-electron chi connectivity index (χ4n) is 1.64. The summed E-state index contributed by atoms with van der Waals surface area (Å²) in [6, 6.07) is 7.31. The van der Waals surface area contributed by atoms with Gasteiger partial charge in [0.25, 0.3) is 0 Å². The van der Waals surface area contributed by atoms with Crippen molar-refractivity contribution in [3.8, 4) is 0 Å². The smallest absolute Gasteiger partial charge is 0.160 e. The Morgan fingerprint density at radius 1 is 0.944 bits per heavy atom. The van der Waals surface area contributed by atoms with Gasteiger partial charge in [0.05, 0.1) is 11.4 Å². The molecular formula is C13H11F3N2. The number of nitrogens with zero attached hydrogens (tertiary/aromatic N) is 1. The lowest BCUT2D eigenvalue weighted by Crippen LogP contribution is -2.12. The van der Waals surface area contributed by atoms with Gasteiger partial charge < -0.3 is 10.6 Å². The first-order valence-electron chi connectivity index (χ1n) is 5.23. The van der Waals surface area contributed by atoms with Gasteiger partial charge in [-0.2, -0.15) is 0 Å². The number of halogens is 3. The lowest BCUT2D eigenvalue weighted by atomic mass is 10.2. The minimum Gasteiger partial charge on any atom is -0.397 e. The zero-order valence-electron chi connectivity index (χ0n) is 9.62. The quantitative estimate of drug-likeness (QED) is 0.829. The lowest BCUT2D eigenvalue weighted by molar-refractivity contribution is 0.509. The molecular weight excluding hydrogens is 241 g/mol. The Hall–Kier alpha value is -2.17. The molecule has 0 radical (unpaired) electrons. The monoisotopic (exact) mass is 252 g/mol. The van der Waals surface area contributed by atoms with E-state index in [1.54, 1.807) is 7.05 Å². The second-order valence-corrected chi connectivity index (χ2v) is 3.86. The highest BCUT2D eigenvalue weighted by Gasteiger charge is 2.11. The van der Waals surface area contributed by atoms with Gasteiger partial charge in [0.1, 0.15) is 5.82 Å². The van der Waals surface area contributed by atoms with E-state index in [1.165, 1.54) is 29.2 Å². The summed E-state index contributed by atoms with van der Waals surface area (Å²) in [4.78, 5) is 1.49. The zero-order chi connectivity index (χ0) is 13.3. The first kappa shape index (κ1) is 12.3. The molecule has 18 heavy (non-hydrogen) atoms. The Morgan fingerprint density at radius 3 is 2.33 bits per heavy atom. The molecule has 0 unspecified atom stereocenters. The molecule has 0 aliphatic rings. The van der Waals surface area contributed by atoms with Crippen LogP contribution in [0.15, 0.2) is 36.4 Å². The summed E-state index contributed by atoms with van der Waals surface area (Å²) in [5, 5.41) is 0. The highest BCUT2D eigenvalue weighted by atomic mass is 19.2. The highest BCUT2D eigenvalue weighted by Crippen LogP contribution is 2.30. The van der Waals surface area contributed by atoms with Crippen molar-refractivity contribution in [1.29, 1.82) is 0 Å². The predicted molar refractivity (Wildman–Crippen MR) is 65.2 cm³/mol. The van der Waals surface area contributed by atoms with Crippen LogP contribution in [0.4, 0.5) is 30.2 Å². The molecule has 2 nitrogen and oxygen atoms in total. The van der Waals surface area contributed by atoms with Gasteiger partial charge in [-0.25, -0.2) is 13.2 Å². The molecule has 0 aromatic heterocycles. The SMILES string of the molecule is CN(c1ccc(F)c(F)c1)c1cc(F)ccc1N. The van der Waals surface area contributed by atoms with Crippen LogP contribution < -0.4 is 10.6 Å².